The molecule has 12 aromatic rings. The minimum absolute atomic E-state index is 1.17. The molecule has 57 heavy (non-hydrogen) atoms. The Morgan fingerprint density at radius 3 is 1.32 bits per heavy atom. The van der Waals surface area contributed by atoms with Gasteiger partial charge >= 0.3 is 0 Å². The molecule has 0 spiro atoms. The molecule has 0 aliphatic heterocycles. The Bertz CT molecular complexity index is 3340. The van der Waals surface area contributed by atoms with E-state index < -0.39 is 0 Å². The quantitative estimate of drug-likeness (QED) is 0.166. The van der Waals surface area contributed by atoms with E-state index in [1.165, 1.54) is 109 Å². The third-order valence-corrected chi connectivity index (χ3v) is 12.9. The van der Waals surface area contributed by atoms with Crippen molar-refractivity contribution in [2.24, 2.45) is 0 Å². The third-order valence-electron chi connectivity index (χ3n) is 11.7. The van der Waals surface area contributed by atoms with Gasteiger partial charge in [0.1, 0.15) is 0 Å². The Hall–Kier alpha value is -7.20. The highest BCUT2D eigenvalue weighted by molar-refractivity contribution is 7.26. The largest absolute Gasteiger partial charge is 0.309 e. The van der Waals surface area contributed by atoms with E-state index in [1.54, 1.807) is 0 Å². The van der Waals surface area contributed by atoms with Gasteiger partial charge in [-0.15, -0.1) is 11.3 Å². The highest BCUT2D eigenvalue weighted by Crippen LogP contribution is 2.44. The molecule has 0 fully saturated rings. The van der Waals surface area contributed by atoms with Crippen LogP contribution in [0.25, 0.3) is 109 Å². The zero-order valence-electron chi connectivity index (χ0n) is 30.9. The third kappa shape index (κ3) is 5.03. The lowest BCUT2D eigenvalue weighted by Crippen LogP contribution is -1.93. The van der Waals surface area contributed by atoms with Gasteiger partial charge in [-0.1, -0.05) is 121 Å². The molecule has 3 aromatic heterocycles. The van der Waals surface area contributed by atoms with Crippen LogP contribution >= 0.6 is 11.3 Å². The fourth-order valence-corrected chi connectivity index (χ4v) is 10.3. The van der Waals surface area contributed by atoms with E-state index in [-0.39, 0.29) is 0 Å². The Morgan fingerprint density at radius 2 is 0.737 bits per heavy atom. The predicted octanol–water partition coefficient (Wildman–Crippen LogP) is 15.2. The summed E-state index contributed by atoms with van der Waals surface area (Å²) in [5, 5.41) is 7.64. The molecule has 2 nitrogen and oxygen atoms in total. The van der Waals surface area contributed by atoms with Crippen LogP contribution in [0, 0.1) is 0 Å². The number of thiophene rings is 1. The highest BCUT2D eigenvalue weighted by atomic mass is 32.1. The van der Waals surface area contributed by atoms with Crippen molar-refractivity contribution >= 4 is 75.1 Å². The Balaban J connectivity index is 1.10. The molecule has 12 rings (SSSR count). The lowest BCUT2D eigenvalue weighted by atomic mass is 9.92. The molecule has 0 aliphatic rings. The zero-order chi connectivity index (χ0) is 37.5. The summed E-state index contributed by atoms with van der Waals surface area (Å²) in [5.74, 6) is 0. The minimum Gasteiger partial charge on any atom is -0.309 e. The number of nitrogens with zero attached hydrogens (tertiary/aromatic N) is 2. The van der Waals surface area contributed by atoms with Gasteiger partial charge in [0, 0.05) is 53.1 Å². The SMILES string of the molecule is c1ccc(-n2c3ccccc3c3cc(-c4cc(-c5ccc6c(c5)c5ccccc5n6-c5ccccc5)cc(-c5cccc6c5sc5ccccc56)c4)ccc32)cc1. The van der Waals surface area contributed by atoms with Crippen molar-refractivity contribution in [3.8, 4) is 44.8 Å². The average molecular weight is 743 g/mol. The summed E-state index contributed by atoms with van der Waals surface area (Å²) in [4.78, 5) is 0. The van der Waals surface area contributed by atoms with Gasteiger partial charge in [-0.2, -0.15) is 0 Å². The standard InChI is InChI=1S/C54H34N2S/c1-3-14-40(15-4-1)55-49-23-10-7-18-43(49)47-33-35(26-28-51(47)55)37-30-38(32-39(31-37)42-21-13-22-46-45-20-9-12-25-53(45)57-54(42)46)36-27-29-52-48(34-36)44-19-8-11-24-50(44)56(52)41-16-5-2-6-17-41/h1-34H. The van der Waals surface area contributed by atoms with Gasteiger partial charge in [0.2, 0.25) is 0 Å². The molecule has 0 bridgehead atoms. The summed E-state index contributed by atoms with van der Waals surface area (Å²) >= 11 is 1.89. The lowest BCUT2D eigenvalue weighted by Gasteiger charge is -2.13. The molecular formula is C54H34N2S. The molecule has 9 aromatic carbocycles. The van der Waals surface area contributed by atoms with Crippen molar-refractivity contribution in [3.05, 3.63) is 206 Å². The maximum absolute atomic E-state index is 2.40. The van der Waals surface area contributed by atoms with Crippen LogP contribution in [0.1, 0.15) is 0 Å². The van der Waals surface area contributed by atoms with E-state index in [4.69, 9.17) is 0 Å². The van der Waals surface area contributed by atoms with Gasteiger partial charge in [-0.3, -0.25) is 0 Å². The Kier molecular flexibility index (Phi) is 7.13. The fraction of sp³-hybridized carbons (Fsp3) is 0. The van der Waals surface area contributed by atoms with E-state index in [1.807, 2.05) is 11.3 Å². The first kappa shape index (κ1) is 32.1. The maximum Gasteiger partial charge on any atom is 0.0541 e. The monoisotopic (exact) mass is 742 g/mol. The number of benzene rings is 9. The van der Waals surface area contributed by atoms with Crippen LogP contribution in [-0.2, 0) is 0 Å². The van der Waals surface area contributed by atoms with Crippen molar-refractivity contribution in [1.82, 2.24) is 9.13 Å². The molecule has 0 radical (unpaired) electrons. The summed E-state index contributed by atoms with van der Waals surface area (Å²) in [7, 11) is 0. The molecule has 0 saturated heterocycles. The number of hydrogen-bond acceptors (Lipinski definition) is 1. The molecular weight excluding hydrogens is 709 g/mol. The second-order valence-corrected chi connectivity index (χ2v) is 16.0. The van der Waals surface area contributed by atoms with E-state index in [0.29, 0.717) is 0 Å². The Morgan fingerprint density at radius 1 is 0.281 bits per heavy atom. The van der Waals surface area contributed by atoms with Gasteiger partial charge in [-0.05, 0) is 118 Å². The van der Waals surface area contributed by atoms with Gasteiger partial charge < -0.3 is 9.13 Å². The molecule has 0 aliphatic carbocycles. The number of fused-ring (bicyclic) bond motifs is 9. The van der Waals surface area contributed by atoms with Gasteiger partial charge in [0.25, 0.3) is 0 Å². The van der Waals surface area contributed by atoms with Crippen LogP contribution in [0.3, 0.4) is 0 Å². The molecule has 3 heterocycles. The second kappa shape index (κ2) is 12.7. The topological polar surface area (TPSA) is 9.86 Å². The summed E-state index contributed by atoms with van der Waals surface area (Å²) in [6.45, 7) is 0. The van der Waals surface area contributed by atoms with Crippen molar-refractivity contribution in [2.45, 2.75) is 0 Å². The first-order chi connectivity index (χ1) is 28.3. The number of rotatable bonds is 5. The molecule has 0 amide bonds. The van der Waals surface area contributed by atoms with E-state index in [2.05, 4.69) is 215 Å². The van der Waals surface area contributed by atoms with Crippen molar-refractivity contribution < 1.29 is 0 Å². The number of aromatic nitrogens is 2. The van der Waals surface area contributed by atoms with Crippen molar-refractivity contribution in [1.29, 1.82) is 0 Å². The van der Waals surface area contributed by atoms with E-state index in [9.17, 15) is 0 Å². The highest BCUT2D eigenvalue weighted by Gasteiger charge is 2.18. The number of para-hydroxylation sites is 4. The minimum atomic E-state index is 1.17. The Labute approximate surface area is 333 Å². The molecule has 266 valence electrons. The summed E-state index contributed by atoms with van der Waals surface area (Å²) in [6.07, 6.45) is 0. The van der Waals surface area contributed by atoms with Crippen LogP contribution in [0.4, 0.5) is 0 Å². The summed E-state index contributed by atoms with van der Waals surface area (Å²) < 4.78 is 7.42. The maximum atomic E-state index is 2.40. The molecule has 3 heteroatoms. The van der Waals surface area contributed by atoms with E-state index >= 15 is 0 Å². The summed E-state index contributed by atoms with van der Waals surface area (Å²) in [6, 6.07) is 75.8. The molecule has 0 unspecified atom stereocenters. The second-order valence-electron chi connectivity index (χ2n) is 14.9. The fourth-order valence-electron chi connectivity index (χ4n) is 9.11. The van der Waals surface area contributed by atoms with Crippen LogP contribution < -0.4 is 0 Å². The molecule has 0 N–H and O–H groups in total. The van der Waals surface area contributed by atoms with Crippen LogP contribution in [0.15, 0.2) is 206 Å². The first-order valence-corrected chi connectivity index (χ1v) is 20.3. The normalized spacial score (nSPS) is 11.9. The smallest absolute Gasteiger partial charge is 0.0541 e. The van der Waals surface area contributed by atoms with Gasteiger partial charge in [0.15, 0.2) is 0 Å². The van der Waals surface area contributed by atoms with Crippen LogP contribution in [0.2, 0.25) is 0 Å². The molecule has 0 atom stereocenters. The first-order valence-electron chi connectivity index (χ1n) is 19.5. The average Bonchev–Trinajstić information content (AvgIpc) is 3.94. The lowest BCUT2D eigenvalue weighted by molar-refractivity contribution is 1.18. The van der Waals surface area contributed by atoms with Crippen molar-refractivity contribution in [2.75, 3.05) is 0 Å². The molecule has 0 saturated carbocycles. The zero-order valence-corrected chi connectivity index (χ0v) is 31.7. The van der Waals surface area contributed by atoms with E-state index in [0.717, 1.165) is 0 Å². The van der Waals surface area contributed by atoms with Gasteiger partial charge in [-0.25, -0.2) is 0 Å². The van der Waals surface area contributed by atoms with Crippen LogP contribution in [0.5, 0.6) is 0 Å². The van der Waals surface area contributed by atoms with Crippen molar-refractivity contribution in [3.63, 3.8) is 0 Å². The predicted molar refractivity (Wildman–Crippen MR) is 244 cm³/mol. The van der Waals surface area contributed by atoms with Crippen LogP contribution in [-0.4, -0.2) is 9.13 Å². The van der Waals surface area contributed by atoms with Gasteiger partial charge in [0.05, 0.1) is 22.1 Å². The summed E-state index contributed by atoms with van der Waals surface area (Å²) in [5.41, 5.74) is 14.5. The number of hydrogen-bond donors (Lipinski definition) is 0.